The molecule has 0 radical (unpaired) electrons. The Hall–Kier alpha value is -1.06. The second-order valence-electron chi connectivity index (χ2n) is 1.96. The van der Waals surface area contributed by atoms with E-state index in [0.29, 0.717) is 6.42 Å². The molecule has 0 aliphatic heterocycles. The summed E-state index contributed by atoms with van der Waals surface area (Å²) in [6, 6.07) is -0.481. The minimum Gasteiger partial charge on any atom is -0.322 e. The summed E-state index contributed by atoms with van der Waals surface area (Å²) < 4.78 is 0. The van der Waals surface area contributed by atoms with Crippen LogP contribution in [0.1, 0.15) is 13.3 Å². The molecule has 1 unspecified atom stereocenters. The first-order chi connectivity index (χ1) is 4.68. The minimum atomic E-state index is -0.481. The van der Waals surface area contributed by atoms with Crippen LogP contribution in [0.3, 0.4) is 0 Å². The molecule has 56 valence electrons. The highest BCUT2D eigenvalue weighted by atomic mass is 16.1. The molecule has 10 heavy (non-hydrogen) atoms. The summed E-state index contributed by atoms with van der Waals surface area (Å²) in [5.41, 5.74) is 13.2. The van der Waals surface area contributed by atoms with Crippen molar-refractivity contribution in [2.45, 2.75) is 19.4 Å². The molecular weight excluding hydrogens is 132 g/mol. The van der Waals surface area contributed by atoms with E-state index in [0.717, 1.165) is 0 Å². The van der Waals surface area contributed by atoms with Crippen LogP contribution in [0, 0.1) is 0 Å². The van der Waals surface area contributed by atoms with E-state index < -0.39 is 6.04 Å². The van der Waals surface area contributed by atoms with E-state index in [1.807, 2.05) is 0 Å². The summed E-state index contributed by atoms with van der Waals surface area (Å²) >= 11 is 0. The number of hydrogen-bond donors (Lipinski definition) is 1. The molecule has 0 spiro atoms. The van der Waals surface area contributed by atoms with Crippen molar-refractivity contribution in [1.29, 1.82) is 0 Å². The average molecular weight is 142 g/mol. The van der Waals surface area contributed by atoms with Crippen molar-refractivity contribution in [2.75, 3.05) is 6.54 Å². The molecule has 0 aromatic rings. The molecular formula is C5H10N4O. The lowest BCUT2D eigenvalue weighted by Gasteiger charge is -2.02. The highest BCUT2D eigenvalue weighted by molar-refractivity contribution is 5.81. The predicted molar refractivity (Wildman–Crippen MR) is 37.3 cm³/mol. The standard InChI is InChI=1S/C5H10N4O/c1-4(10)5(6)2-3-8-9-7/h5H,2-3,6H2,1H3. The maximum absolute atomic E-state index is 10.5. The highest BCUT2D eigenvalue weighted by Crippen LogP contribution is 1.89. The molecule has 0 aliphatic carbocycles. The van der Waals surface area contributed by atoms with Crippen LogP contribution in [0.15, 0.2) is 5.11 Å². The van der Waals surface area contributed by atoms with Crippen molar-refractivity contribution in [3.05, 3.63) is 10.4 Å². The first-order valence-corrected chi connectivity index (χ1v) is 2.95. The van der Waals surface area contributed by atoms with Crippen molar-refractivity contribution < 1.29 is 4.79 Å². The molecule has 5 nitrogen and oxygen atoms in total. The van der Waals surface area contributed by atoms with Crippen LogP contribution in [0.25, 0.3) is 10.4 Å². The Morgan fingerprint density at radius 2 is 2.50 bits per heavy atom. The molecule has 0 aliphatic rings. The third-order valence-electron chi connectivity index (χ3n) is 1.13. The molecule has 0 heterocycles. The number of azide groups is 1. The largest absolute Gasteiger partial charge is 0.322 e. The van der Waals surface area contributed by atoms with Crippen LogP contribution >= 0.6 is 0 Å². The summed E-state index contributed by atoms with van der Waals surface area (Å²) in [4.78, 5) is 13.0. The van der Waals surface area contributed by atoms with E-state index >= 15 is 0 Å². The number of Topliss-reactive ketones (excluding diaryl/α,β-unsaturated/α-hetero) is 1. The second-order valence-corrected chi connectivity index (χ2v) is 1.96. The summed E-state index contributed by atoms with van der Waals surface area (Å²) in [7, 11) is 0. The number of ketones is 1. The number of nitrogens with two attached hydrogens (primary N) is 1. The summed E-state index contributed by atoms with van der Waals surface area (Å²) in [6.07, 6.45) is 0.430. The lowest BCUT2D eigenvalue weighted by atomic mass is 10.1. The maximum Gasteiger partial charge on any atom is 0.146 e. The van der Waals surface area contributed by atoms with Gasteiger partial charge < -0.3 is 5.73 Å². The van der Waals surface area contributed by atoms with Gasteiger partial charge in [-0.2, -0.15) is 0 Å². The quantitative estimate of drug-likeness (QED) is 0.353. The normalized spacial score (nSPS) is 11.8. The van der Waals surface area contributed by atoms with Crippen LogP contribution in [-0.4, -0.2) is 18.4 Å². The number of hydrogen-bond acceptors (Lipinski definition) is 3. The fourth-order valence-corrected chi connectivity index (χ4v) is 0.445. The van der Waals surface area contributed by atoms with E-state index in [9.17, 15) is 4.79 Å². The van der Waals surface area contributed by atoms with Gasteiger partial charge in [-0.05, 0) is 18.9 Å². The summed E-state index contributed by atoms with van der Waals surface area (Å²) in [5, 5.41) is 3.24. The van der Waals surface area contributed by atoms with Gasteiger partial charge >= 0.3 is 0 Å². The maximum atomic E-state index is 10.5. The third-order valence-corrected chi connectivity index (χ3v) is 1.13. The Labute approximate surface area is 58.8 Å². The van der Waals surface area contributed by atoms with E-state index in [4.69, 9.17) is 11.3 Å². The van der Waals surface area contributed by atoms with Crippen LogP contribution in [0.4, 0.5) is 0 Å². The second kappa shape index (κ2) is 4.78. The van der Waals surface area contributed by atoms with Gasteiger partial charge in [-0.25, -0.2) is 0 Å². The number of rotatable bonds is 4. The first kappa shape index (κ1) is 8.94. The van der Waals surface area contributed by atoms with Crippen molar-refractivity contribution in [2.24, 2.45) is 10.8 Å². The van der Waals surface area contributed by atoms with E-state index in [2.05, 4.69) is 10.0 Å². The molecule has 0 bridgehead atoms. The minimum absolute atomic E-state index is 0.0758. The van der Waals surface area contributed by atoms with E-state index in [-0.39, 0.29) is 12.3 Å². The Morgan fingerprint density at radius 1 is 1.90 bits per heavy atom. The number of carbonyl (C=O) groups is 1. The van der Waals surface area contributed by atoms with Gasteiger partial charge in [0.1, 0.15) is 5.78 Å². The highest BCUT2D eigenvalue weighted by Gasteiger charge is 2.05. The Morgan fingerprint density at radius 3 is 2.90 bits per heavy atom. The van der Waals surface area contributed by atoms with Gasteiger partial charge in [-0.15, -0.1) is 0 Å². The van der Waals surface area contributed by atoms with Crippen LogP contribution in [0.2, 0.25) is 0 Å². The lowest BCUT2D eigenvalue weighted by Crippen LogP contribution is -2.28. The molecule has 1 atom stereocenters. The van der Waals surface area contributed by atoms with Crippen LogP contribution < -0.4 is 5.73 Å². The molecule has 0 saturated heterocycles. The van der Waals surface area contributed by atoms with Crippen molar-refractivity contribution in [1.82, 2.24) is 0 Å². The summed E-state index contributed by atoms with van der Waals surface area (Å²) in [6.45, 7) is 1.71. The van der Waals surface area contributed by atoms with Crippen LogP contribution in [-0.2, 0) is 4.79 Å². The molecule has 0 aromatic heterocycles. The Kier molecular flexibility index (Phi) is 4.28. The zero-order valence-electron chi connectivity index (χ0n) is 5.82. The van der Waals surface area contributed by atoms with Crippen LogP contribution in [0.5, 0.6) is 0 Å². The molecule has 0 aromatic carbocycles. The molecule has 0 saturated carbocycles. The molecule has 0 fully saturated rings. The zero-order chi connectivity index (χ0) is 7.98. The molecule has 0 rings (SSSR count). The van der Waals surface area contributed by atoms with Gasteiger partial charge in [0.05, 0.1) is 6.04 Å². The lowest BCUT2D eigenvalue weighted by molar-refractivity contribution is -0.118. The van der Waals surface area contributed by atoms with Gasteiger partial charge in [-0.1, -0.05) is 5.11 Å². The van der Waals surface area contributed by atoms with Crippen molar-refractivity contribution >= 4 is 5.78 Å². The predicted octanol–water partition coefficient (Wildman–Crippen LogP) is 0.603. The fourth-order valence-electron chi connectivity index (χ4n) is 0.445. The Balaban J connectivity index is 3.48. The smallest absolute Gasteiger partial charge is 0.146 e. The molecule has 5 heteroatoms. The monoisotopic (exact) mass is 142 g/mol. The molecule has 2 N–H and O–H groups in total. The number of carbonyl (C=O) groups excluding carboxylic acids is 1. The van der Waals surface area contributed by atoms with Crippen molar-refractivity contribution in [3.8, 4) is 0 Å². The van der Waals surface area contributed by atoms with Gasteiger partial charge in [0.15, 0.2) is 0 Å². The van der Waals surface area contributed by atoms with Gasteiger partial charge in [0.2, 0.25) is 0 Å². The van der Waals surface area contributed by atoms with Gasteiger partial charge in [0, 0.05) is 11.5 Å². The number of nitrogens with zero attached hydrogens (tertiary/aromatic N) is 3. The SMILES string of the molecule is CC(=O)C(N)CCN=[N+]=[N-]. The zero-order valence-corrected chi connectivity index (χ0v) is 5.82. The Bertz CT molecular complexity index is 161. The van der Waals surface area contributed by atoms with Gasteiger partial charge in [0.25, 0.3) is 0 Å². The average Bonchev–Trinajstić information content (AvgIpc) is 1.88. The molecule has 0 amide bonds. The van der Waals surface area contributed by atoms with Crippen molar-refractivity contribution in [3.63, 3.8) is 0 Å². The first-order valence-electron chi connectivity index (χ1n) is 2.95. The van der Waals surface area contributed by atoms with E-state index in [1.165, 1.54) is 6.92 Å². The fraction of sp³-hybridized carbons (Fsp3) is 0.800. The van der Waals surface area contributed by atoms with E-state index in [1.54, 1.807) is 0 Å². The van der Waals surface area contributed by atoms with Gasteiger partial charge in [-0.3, -0.25) is 4.79 Å². The topological polar surface area (TPSA) is 91.9 Å². The third kappa shape index (κ3) is 3.88. The summed E-state index contributed by atoms with van der Waals surface area (Å²) in [5.74, 6) is -0.0758.